The van der Waals surface area contributed by atoms with Gasteiger partial charge in [0.1, 0.15) is 11.5 Å². The first-order valence-electron chi connectivity index (χ1n) is 11.8. The van der Waals surface area contributed by atoms with Crippen molar-refractivity contribution in [3.63, 3.8) is 0 Å². The summed E-state index contributed by atoms with van der Waals surface area (Å²) in [6, 6.07) is 22.8. The van der Waals surface area contributed by atoms with Crippen LogP contribution in [0.1, 0.15) is 0 Å². The van der Waals surface area contributed by atoms with Crippen LogP contribution in [0.2, 0.25) is 0 Å². The number of benzene rings is 3. The Morgan fingerprint density at radius 1 is 0.714 bits per heavy atom. The topological polar surface area (TPSA) is 103 Å². The Bertz CT molecular complexity index is 1690. The second-order valence-corrected chi connectivity index (χ2v) is 9.04. The van der Waals surface area contributed by atoms with Gasteiger partial charge in [0.15, 0.2) is 5.82 Å². The summed E-state index contributed by atoms with van der Waals surface area (Å²) < 4.78 is 0. The standard InChI is InChI=1S/C27H24N8/c28-35-11-9-34(10-12-35)20-6-8-22-24(15-20)32-26(30-22)18-5-7-21-23(14-18)33-27(31-21)25-13-17-3-1-2-4-19(17)16-29-25/h1-8,13-16H,9-12,28H2,(H,30,32)(H,31,33). The number of H-pyrrole nitrogens is 2. The molecule has 0 amide bonds. The van der Waals surface area contributed by atoms with E-state index in [0.29, 0.717) is 0 Å². The van der Waals surface area contributed by atoms with Crippen molar-refractivity contribution in [1.82, 2.24) is 29.9 Å². The van der Waals surface area contributed by atoms with Gasteiger partial charge in [-0.1, -0.05) is 24.3 Å². The SMILES string of the molecule is NN1CCN(c2ccc3nc(-c4ccc5nc(-c6cc7ccccc7cn6)[nH]c5c4)[nH]c3c2)CC1. The molecule has 6 aromatic rings. The predicted molar refractivity (Wildman–Crippen MR) is 140 cm³/mol. The minimum atomic E-state index is 0.759. The molecule has 0 aliphatic carbocycles. The monoisotopic (exact) mass is 460 g/mol. The van der Waals surface area contributed by atoms with Gasteiger partial charge in [-0.05, 0) is 47.9 Å². The molecule has 3 aromatic carbocycles. The van der Waals surface area contributed by atoms with E-state index < -0.39 is 0 Å². The Morgan fingerprint density at radius 2 is 1.43 bits per heavy atom. The van der Waals surface area contributed by atoms with Crippen molar-refractivity contribution in [2.24, 2.45) is 5.84 Å². The molecule has 7 rings (SSSR count). The minimum Gasteiger partial charge on any atom is -0.369 e. The van der Waals surface area contributed by atoms with Gasteiger partial charge in [0.25, 0.3) is 0 Å². The first-order valence-corrected chi connectivity index (χ1v) is 11.8. The fourth-order valence-corrected chi connectivity index (χ4v) is 4.80. The van der Waals surface area contributed by atoms with Crippen molar-refractivity contribution < 1.29 is 0 Å². The van der Waals surface area contributed by atoms with E-state index in [1.165, 1.54) is 5.69 Å². The van der Waals surface area contributed by atoms with Crippen LogP contribution in [0.4, 0.5) is 5.69 Å². The number of hydrogen-bond donors (Lipinski definition) is 3. The smallest absolute Gasteiger partial charge is 0.157 e. The van der Waals surface area contributed by atoms with Crippen LogP contribution in [0, 0.1) is 0 Å². The zero-order valence-corrected chi connectivity index (χ0v) is 19.1. The number of nitrogens with two attached hydrogens (primary N) is 1. The fraction of sp³-hybridized carbons (Fsp3) is 0.148. The highest BCUT2D eigenvalue weighted by Crippen LogP contribution is 2.28. The average molecular weight is 461 g/mol. The molecule has 1 saturated heterocycles. The molecule has 8 heteroatoms. The molecule has 3 aromatic heterocycles. The molecule has 172 valence electrons. The summed E-state index contributed by atoms with van der Waals surface area (Å²) in [6.07, 6.45) is 1.89. The highest BCUT2D eigenvalue weighted by atomic mass is 15.4. The molecule has 8 nitrogen and oxygen atoms in total. The molecule has 4 N–H and O–H groups in total. The van der Waals surface area contributed by atoms with Gasteiger partial charge in [-0.25, -0.2) is 15.0 Å². The van der Waals surface area contributed by atoms with Crippen LogP contribution in [0.15, 0.2) is 72.9 Å². The largest absolute Gasteiger partial charge is 0.369 e. The summed E-state index contributed by atoms with van der Waals surface area (Å²) in [5.74, 6) is 7.51. The molecule has 0 bridgehead atoms. The zero-order valence-electron chi connectivity index (χ0n) is 19.1. The molecular weight excluding hydrogens is 436 g/mol. The zero-order chi connectivity index (χ0) is 23.4. The van der Waals surface area contributed by atoms with Crippen LogP contribution in [-0.2, 0) is 0 Å². The number of nitrogens with zero attached hydrogens (tertiary/aromatic N) is 5. The molecular formula is C27H24N8. The third kappa shape index (κ3) is 3.60. The van der Waals surface area contributed by atoms with Crippen molar-refractivity contribution in [1.29, 1.82) is 0 Å². The van der Waals surface area contributed by atoms with Gasteiger partial charge in [0.2, 0.25) is 0 Å². The number of pyridine rings is 1. The lowest BCUT2D eigenvalue weighted by Gasteiger charge is -2.33. The number of rotatable bonds is 3. The van der Waals surface area contributed by atoms with Gasteiger partial charge >= 0.3 is 0 Å². The van der Waals surface area contributed by atoms with Crippen LogP contribution in [0.25, 0.3) is 55.7 Å². The van der Waals surface area contributed by atoms with Gasteiger partial charge < -0.3 is 14.9 Å². The molecule has 0 unspecified atom stereocenters. The highest BCUT2D eigenvalue weighted by Gasteiger charge is 2.16. The van der Waals surface area contributed by atoms with Gasteiger partial charge in [0.05, 0.1) is 22.1 Å². The Balaban J connectivity index is 1.22. The molecule has 0 saturated carbocycles. The van der Waals surface area contributed by atoms with Gasteiger partial charge in [-0.3, -0.25) is 10.8 Å². The molecule has 1 aliphatic heterocycles. The van der Waals surface area contributed by atoms with Gasteiger partial charge in [0, 0.05) is 49.0 Å². The molecule has 35 heavy (non-hydrogen) atoms. The normalized spacial score (nSPS) is 14.9. The van der Waals surface area contributed by atoms with Crippen LogP contribution in [0.5, 0.6) is 0 Å². The molecule has 0 spiro atoms. The summed E-state index contributed by atoms with van der Waals surface area (Å²) in [6.45, 7) is 3.59. The van der Waals surface area contributed by atoms with E-state index in [1.807, 2.05) is 29.4 Å². The highest BCUT2D eigenvalue weighted by molar-refractivity contribution is 5.88. The third-order valence-electron chi connectivity index (χ3n) is 6.77. The third-order valence-corrected chi connectivity index (χ3v) is 6.77. The van der Waals surface area contributed by atoms with E-state index in [1.54, 1.807) is 0 Å². The van der Waals surface area contributed by atoms with E-state index in [0.717, 1.165) is 81.9 Å². The van der Waals surface area contributed by atoms with E-state index in [9.17, 15) is 0 Å². The molecule has 4 heterocycles. The second kappa shape index (κ2) is 7.90. The predicted octanol–water partition coefficient (Wildman–Crippen LogP) is 4.32. The number of anilines is 1. The lowest BCUT2D eigenvalue weighted by molar-refractivity contribution is 0.266. The quantitative estimate of drug-likeness (QED) is 0.340. The summed E-state index contributed by atoms with van der Waals surface area (Å²) >= 11 is 0. The van der Waals surface area contributed by atoms with Crippen LogP contribution in [0.3, 0.4) is 0 Å². The van der Waals surface area contributed by atoms with E-state index in [2.05, 4.69) is 68.4 Å². The van der Waals surface area contributed by atoms with Gasteiger partial charge in [-0.2, -0.15) is 0 Å². The number of aromatic amines is 2. The van der Waals surface area contributed by atoms with Gasteiger partial charge in [-0.15, -0.1) is 0 Å². The molecule has 0 radical (unpaired) electrons. The van der Waals surface area contributed by atoms with Crippen molar-refractivity contribution in [2.75, 3.05) is 31.1 Å². The van der Waals surface area contributed by atoms with Crippen LogP contribution < -0.4 is 10.7 Å². The molecule has 1 fully saturated rings. The summed E-state index contributed by atoms with van der Waals surface area (Å²) in [5.41, 5.74) is 6.86. The Morgan fingerprint density at radius 3 is 2.29 bits per heavy atom. The van der Waals surface area contributed by atoms with Crippen LogP contribution >= 0.6 is 0 Å². The minimum absolute atomic E-state index is 0.759. The first-order chi connectivity index (χ1) is 17.2. The van der Waals surface area contributed by atoms with Crippen molar-refractivity contribution >= 4 is 38.5 Å². The average Bonchev–Trinajstić information content (AvgIpc) is 3.52. The van der Waals surface area contributed by atoms with Crippen molar-refractivity contribution in [3.8, 4) is 22.9 Å². The number of hydrogen-bond acceptors (Lipinski definition) is 6. The maximum atomic E-state index is 5.91. The number of imidazole rings is 2. The maximum absolute atomic E-state index is 5.91. The second-order valence-electron chi connectivity index (χ2n) is 9.04. The van der Waals surface area contributed by atoms with E-state index in [4.69, 9.17) is 15.8 Å². The molecule has 0 atom stereocenters. The number of aromatic nitrogens is 5. The Kier molecular flexibility index (Phi) is 4.54. The van der Waals surface area contributed by atoms with Crippen LogP contribution in [-0.4, -0.2) is 56.1 Å². The lowest BCUT2D eigenvalue weighted by Crippen LogP contribution is -2.49. The number of nitrogens with one attached hydrogen (secondary N) is 2. The summed E-state index contributed by atoms with van der Waals surface area (Å²) in [5, 5.41) is 4.13. The Hall–Kier alpha value is -4.27. The Labute approximate surface area is 201 Å². The summed E-state index contributed by atoms with van der Waals surface area (Å²) in [7, 11) is 0. The van der Waals surface area contributed by atoms with E-state index in [-0.39, 0.29) is 0 Å². The van der Waals surface area contributed by atoms with Crippen molar-refractivity contribution in [3.05, 3.63) is 72.9 Å². The number of fused-ring (bicyclic) bond motifs is 3. The van der Waals surface area contributed by atoms with E-state index >= 15 is 0 Å². The fourth-order valence-electron chi connectivity index (χ4n) is 4.80. The lowest BCUT2D eigenvalue weighted by atomic mass is 10.1. The summed E-state index contributed by atoms with van der Waals surface area (Å²) in [4.78, 5) is 23.5. The first kappa shape index (κ1) is 20.1. The molecule has 1 aliphatic rings. The maximum Gasteiger partial charge on any atom is 0.157 e. The number of hydrazine groups is 1. The number of piperazine rings is 1. The van der Waals surface area contributed by atoms with Crippen molar-refractivity contribution in [2.45, 2.75) is 0 Å².